The third-order valence-electron chi connectivity index (χ3n) is 4.05. The van der Waals surface area contributed by atoms with Crippen LogP contribution in [0.5, 0.6) is 5.75 Å². The van der Waals surface area contributed by atoms with Crippen LogP contribution in [-0.2, 0) is 6.54 Å². The Morgan fingerprint density at radius 3 is 2.38 bits per heavy atom. The third-order valence-corrected chi connectivity index (χ3v) is 5.22. The van der Waals surface area contributed by atoms with Gasteiger partial charge in [0.15, 0.2) is 0 Å². The molecule has 3 nitrogen and oxygen atoms in total. The van der Waals surface area contributed by atoms with Crippen molar-refractivity contribution < 1.29 is 4.74 Å². The third kappa shape index (κ3) is 4.95. The molecule has 1 unspecified atom stereocenters. The van der Waals surface area contributed by atoms with Crippen LogP contribution < -0.4 is 10.1 Å². The van der Waals surface area contributed by atoms with E-state index >= 15 is 0 Å². The highest BCUT2D eigenvalue weighted by Crippen LogP contribution is 2.34. The SMILES string of the molecule is COc1c(Br)cc(CNCC(C)N2CCCCC2)cc1Br. The summed E-state index contributed by atoms with van der Waals surface area (Å²) in [5.74, 6) is 0.848. The number of rotatable bonds is 6. The molecule has 0 aliphatic carbocycles. The fourth-order valence-corrected chi connectivity index (χ4v) is 4.43. The Morgan fingerprint density at radius 1 is 1.19 bits per heavy atom. The molecule has 0 radical (unpaired) electrons. The number of nitrogens with one attached hydrogen (secondary N) is 1. The van der Waals surface area contributed by atoms with E-state index in [1.165, 1.54) is 37.9 Å². The van der Waals surface area contributed by atoms with E-state index in [0.717, 1.165) is 27.8 Å². The molecule has 2 rings (SSSR count). The van der Waals surface area contributed by atoms with Crippen LogP contribution in [0.25, 0.3) is 0 Å². The lowest BCUT2D eigenvalue weighted by Crippen LogP contribution is -2.42. The Morgan fingerprint density at radius 2 is 1.81 bits per heavy atom. The number of piperidine rings is 1. The number of benzene rings is 1. The summed E-state index contributed by atoms with van der Waals surface area (Å²) in [6.45, 7) is 6.73. The number of halogens is 2. The molecule has 0 spiro atoms. The van der Waals surface area contributed by atoms with Crippen molar-refractivity contribution in [3.05, 3.63) is 26.6 Å². The molecule has 1 aliphatic heterocycles. The Hall–Kier alpha value is -0.100. The van der Waals surface area contributed by atoms with E-state index in [4.69, 9.17) is 4.74 Å². The Kier molecular flexibility index (Phi) is 6.99. The summed E-state index contributed by atoms with van der Waals surface area (Å²) in [4.78, 5) is 2.59. The Labute approximate surface area is 144 Å². The zero-order valence-corrected chi connectivity index (χ0v) is 16.0. The van der Waals surface area contributed by atoms with Gasteiger partial charge in [-0.1, -0.05) is 6.42 Å². The van der Waals surface area contributed by atoms with Gasteiger partial charge in [0.25, 0.3) is 0 Å². The van der Waals surface area contributed by atoms with Crippen LogP contribution in [0, 0.1) is 0 Å². The number of hydrogen-bond donors (Lipinski definition) is 1. The van der Waals surface area contributed by atoms with Gasteiger partial charge in [0.05, 0.1) is 16.1 Å². The smallest absolute Gasteiger partial charge is 0.147 e. The maximum absolute atomic E-state index is 5.33. The highest BCUT2D eigenvalue weighted by Gasteiger charge is 2.16. The van der Waals surface area contributed by atoms with Crippen LogP contribution in [-0.4, -0.2) is 37.7 Å². The molecule has 0 saturated carbocycles. The molecule has 0 amide bonds. The van der Waals surface area contributed by atoms with Crippen LogP contribution in [0.3, 0.4) is 0 Å². The average Bonchev–Trinajstić information content (AvgIpc) is 2.48. The molecule has 1 fully saturated rings. The minimum Gasteiger partial charge on any atom is -0.494 e. The first-order valence-corrected chi connectivity index (χ1v) is 9.17. The maximum atomic E-state index is 5.33. The summed E-state index contributed by atoms with van der Waals surface area (Å²) in [5, 5.41) is 3.57. The monoisotopic (exact) mass is 418 g/mol. The Balaban J connectivity index is 1.83. The predicted octanol–water partition coefficient (Wildman–Crippen LogP) is 4.18. The molecular weight excluding hydrogens is 396 g/mol. The van der Waals surface area contributed by atoms with Crippen molar-refractivity contribution in [2.24, 2.45) is 0 Å². The minimum absolute atomic E-state index is 0.607. The van der Waals surface area contributed by atoms with Crippen molar-refractivity contribution in [2.75, 3.05) is 26.7 Å². The van der Waals surface area contributed by atoms with Crippen molar-refractivity contribution in [2.45, 2.75) is 38.8 Å². The van der Waals surface area contributed by atoms with E-state index in [1.54, 1.807) is 7.11 Å². The van der Waals surface area contributed by atoms with Gasteiger partial charge >= 0.3 is 0 Å². The lowest BCUT2D eigenvalue weighted by atomic mass is 10.1. The largest absolute Gasteiger partial charge is 0.494 e. The van der Waals surface area contributed by atoms with Gasteiger partial charge in [-0.25, -0.2) is 0 Å². The van der Waals surface area contributed by atoms with Gasteiger partial charge < -0.3 is 10.1 Å². The van der Waals surface area contributed by atoms with E-state index in [0.29, 0.717) is 6.04 Å². The molecule has 1 atom stereocenters. The number of hydrogen-bond acceptors (Lipinski definition) is 3. The summed E-state index contributed by atoms with van der Waals surface area (Å²) in [6, 6.07) is 4.83. The number of likely N-dealkylation sites (tertiary alicyclic amines) is 1. The lowest BCUT2D eigenvalue weighted by molar-refractivity contribution is 0.170. The average molecular weight is 420 g/mol. The van der Waals surface area contributed by atoms with Crippen LogP contribution >= 0.6 is 31.9 Å². The molecule has 1 aromatic rings. The van der Waals surface area contributed by atoms with Gasteiger partial charge in [0.2, 0.25) is 0 Å². The molecule has 21 heavy (non-hydrogen) atoms. The van der Waals surface area contributed by atoms with Crippen LogP contribution in [0.15, 0.2) is 21.1 Å². The molecule has 1 aliphatic rings. The van der Waals surface area contributed by atoms with Gasteiger partial charge in [-0.2, -0.15) is 0 Å². The van der Waals surface area contributed by atoms with Gasteiger partial charge in [-0.15, -0.1) is 0 Å². The molecule has 1 saturated heterocycles. The van der Waals surface area contributed by atoms with Crippen molar-refractivity contribution in [1.82, 2.24) is 10.2 Å². The second-order valence-electron chi connectivity index (χ2n) is 5.67. The van der Waals surface area contributed by atoms with E-state index in [2.05, 4.69) is 61.1 Å². The molecule has 1 heterocycles. The summed E-state index contributed by atoms with van der Waals surface area (Å²) in [5.41, 5.74) is 1.25. The van der Waals surface area contributed by atoms with E-state index in [9.17, 15) is 0 Å². The second kappa shape index (κ2) is 8.51. The zero-order chi connectivity index (χ0) is 15.2. The summed E-state index contributed by atoms with van der Waals surface area (Å²) >= 11 is 7.10. The van der Waals surface area contributed by atoms with Crippen LogP contribution in [0.2, 0.25) is 0 Å². The summed E-state index contributed by atoms with van der Waals surface area (Å²) in [7, 11) is 1.68. The highest BCUT2D eigenvalue weighted by molar-refractivity contribution is 9.11. The molecule has 1 aromatic carbocycles. The fraction of sp³-hybridized carbons (Fsp3) is 0.625. The van der Waals surface area contributed by atoms with Crippen molar-refractivity contribution >= 4 is 31.9 Å². The summed E-state index contributed by atoms with van der Waals surface area (Å²) < 4.78 is 7.30. The van der Waals surface area contributed by atoms with Gasteiger partial charge in [0.1, 0.15) is 5.75 Å². The Bertz CT molecular complexity index is 439. The number of nitrogens with zero attached hydrogens (tertiary/aromatic N) is 1. The van der Waals surface area contributed by atoms with Crippen molar-refractivity contribution in [3.63, 3.8) is 0 Å². The predicted molar refractivity (Wildman–Crippen MR) is 95.0 cm³/mol. The first kappa shape index (κ1) is 17.3. The van der Waals surface area contributed by atoms with E-state index < -0.39 is 0 Å². The second-order valence-corrected chi connectivity index (χ2v) is 7.38. The fourth-order valence-electron chi connectivity index (χ4n) is 2.82. The highest BCUT2D eigenvalue weighted by atomic mass is 79.9. The van der Waals surface area contributed by atoms with Gasteiger partial charge in [0, 0.05) is 19.1 Å². The first-order chi connectivity index (χ1) is 10.1. The van der Waals surface area contributed by atoms with E-state index in [1.807, 2.05) is 0 Å². The summed E-state index contributed by atoms with van der Waals surface area (Å²) in [6.07, 6.45) is 4.09. The first-order valence-electron chi connectivity index (χ1n) is 7.58. The standard InChI is InChI=1S/C16H24Br2N2O/c1-12(20-6-4-3-5-7-20)10-19-11-13-8-14(17)16(21-2)15(18)9-13/h8-9,12,19H,3-7,10-11H2,1-2H3. The molecule has 118 valence electrons. The van der Waals surface area contributed by atoms with Crippen LogP contribution in [0.4, 0.5) is 0 Å². The normalized spacial score (nSPS) is 17.7. The number of ether oxygens (including phenoxy) is 1. The topological polar surface area (TPSA) is 24.5 Å². The molecule has 5 heteroatoms. The molecule has 0 bridgehead atoms. The molecule has 1 N–H and O–H groups in total. The lowest BCUT2D eigenvalue weighted by Gasteiger charge is -2.32. The molecular formula is C16H24Br2N2O. The number of methoxy groups -OCH3 is 1. The minimum atomic E-state index is 0.607. The quantitative estimate of drug-likeness (QED) is 0.748. The van der Waals surface area contributed by atoms with Gasteiger partial charge in [-0.05, 0) is 82.4 Å². The zero-order valence-electron chi connectivity index (χ0n) is 12.8. The van der Waals surface area contributed by atoms with Crippen molar-refractivity contribution in [3.8, 4) is 5.75 Å². The van der Waals surface area contributed by atoms with Gasteiger partial charge in [-0.3, -0.25) is 4.90 Å². The van der Waals surface area contributed by atoms with Crippen LogP contribution in [0.1, 0.15) is 31.7 Å². The van der Waals surface area contributed by atoms with E-state index in [-0.39, 0.29) is 0 Å². The maximum Gasteiger partial charge on any atom is 0.147 e. The molecule has 0 aromatic heterocycles. The van der Waals surface area contributed by atoms with Crippen molar-refractivity contribution in [1.29, 1.82) is 0 Å².